The van der Waals surface area contributed by atoms with Crippen LogP contribution >= 0.6 is 0 Å². The minimum atomic E-state index is -3.67. The topological polar surface area (TPSA) is 84.9 Å². The number of amides is 1. The minimum absolute atomic E-state index is 0.0585. The smallest absolute Gasteiger partial charge is 0.240 e. The molecule has 1 aliphatic heterocycles. The first-order chi connectivity index (χ1) is 11.9. The minimum Gasteiger partial charge on any atom is -0.486 e. The van der Waals surface area contributed by atoms with E-state index < -0.39 is 10.0 Å². The number of rotatable bonds is 4. The zero-order valence-corrected chi connectivity index (χ0v) is 15.3. The predicted octanol–water partition coefficient (Wildman–Crippen LogP) is 1.38. The third-order valence-corrected chi connectivity index (χ3v) is 6.13. The maximum Gasteiger partial charge on any atom is 0.240 e. The molecule has 1 fully saturated rings. The molecule has 1 amide bonds. The molecule has 3 rings (SSSR count). The summed E-state index contributed by atoms with van der Waals surface area (Å²) in [5, 5.41) is 0. The van der Waals surface area contributed by atoms with Crippen molar-refractivity contribution in [2.75, 3.05) is 27.3 Å². The Labute approximate surface area is 148 Å². The van der Waals surface area contributed by atoms with Crippen molar-refractivity contribution in [3.63, 3.8) is 0 Å². The number of sulfonamides is 1. The quantitative estimate of drug-likeness (QED) is 0.868. The van der Waals surface area contributed by atoms with Crippen LogP contribution in [0.4, 0.5) is 0 Å². The number of hydrogen-bond acceptors (Lipinski definition) is 5. The lowest BCUT2D eigenvalue weighted by Crippen LogP contribution is -2.42. The fourth-order valence-electron chi connectivity index (χ4n) is 3.36. The van der Waals surface area contributed by atoms with Crippen LogP contribution in [0.25, 0.3) is 0 Å². The number of nitrogens with zero attached hydrogens (tertiary/aromatic N) is 1. The number of carbonyl (C=O) groups is 1. The van der Waals surface area contributed by atoms with Gasteiger partial charge in [-0.05, 0) is 31.4 Å². The van der Waals surface area contributed by atoms with E-state index in [1.807, 2.05) is 0 Å². The highest BCUT2D eigenvalue weighted by Gasteiger charge is 2.31. The number of ether oxygens (including phenoxy) is 2. The lowest BCUT2D eigenvalue weighted by molar-refractivity contribution is -0.134. The molecule has 1 N–H and O–H groups in total. The molecular weight excluding hydrogens is 344 g/mol. The van der Waals surface area contributed by atoms with E-state index in [0.717, 1.165) is 19.3 Å². The second kappa shape index (κ2) is 7.21. The zero-order valence-electron chi connectivity index (χ0n) is 14.5. The average molecular weight is 368 g/mol. The molecule has 0 bridgehead atoms. The summed E-state index contributed by atoms with van der Waals surface area (Å²) in [7, 11) is -0.218. The van der Waals surface area contributed by atoms with E-state index in [1.165, 1.54) is 12.1 Å². The Morgan fingerprint density at radius 1 is 1.16 bits per heavy atom. The lowest BCUT2D eigenvalue weighted by Gasteiger charge is -2.30. The number of nitrogens with one attached hydrogen (secondary N) is 1. The molecule has 25 heavy (non-hydrogen) atoms. The van der Waals surface area contributed by atoms with E-state index in [9.17, 15) is 13.2 Å². The van der Waals surface area contributed by atoms with Crippen molar-refractivity contribution < 1.29 is 22.7 Å². The summed E-state index contributed by atoms with van der Waals surface area (Å²) in [6.45, 7) is 0.863. The van der Waals surface area contributed by atoms with Gasteiger partial charge in [0, 0.05) is 32.1 Å². The second-order valence-electron chi connectivity index (χ2n) is 6.72. The third kappa shape index (κ3) is 4.07. The second-order valence-corrected chi connectivity index (χ2v) is 8.43. The number of fused-ring (bicyclic) bond motifs is 1. The Morgan fingerprint density at radius 2 is 1.88 bits per heavy atom. The van der Waals surface area contributed by atoms with E-state index in [-0.39, 0.29) is 22.8 Å². The Bertz CT molecular complexity index is 747. The summed E-state index contributed by atoms with van der Waals surface area (Å²) < 4.78 is 39.0. The highest BCUT2D eigenvalue weighted by atomic mass is 32.2. The van der Waals surface area contributed by atoms with Gasteiger partial charge in [0.2, 0.25) is 15.9 Å². The molecule has 1 aromatic carbocycles. The molecule has 1 saturated carbocycles. The molecule has 8 heteroatoms. The van der Waals surface area contributed by atoms with Crippen LogP contribution in [0.15, 0.2) is 23.1 Å². The van der Waals surface area contributed by atoms with Gasteiger partial charge in [0.1, 0.15) is 13.2 Å². The number of benzene rings is 1. The maximum atomic E-state index is 12.7. The molecule has 2 atom stereocenters. The van der Waals surface area contributed by atoms with Gasteiger partial charge in [-0.3, -0.25) is 4.79 Å². The van der Waals surface area contributed by atoms with E-state index in [2.05, 4.69) is 4.72 Å². The van der Waals surface area contributed by atoms with Gasteiger partial charge in [-0.2, -0.15) is 0 Å². The summed E-state index contributed by atoms with van der Waals surface area (Å²) in [6.07, 6.45) is 2.90. The Balaban J connectivity index is 1.72. The molecule has 0 spiro atoms. The van der Waals surface area contributed by atoms with Gasteiger partial charge in [-0.15, -0.1) is 0 Å². The molecule has 1 aromatic rings. The molecule has 0 saturated heterocycles. The van der Waals surface area contributed by atoms with Crippen molar-refractivity contribution in [3.8, 4) is 11.5 Å². The summed E-state index contributed by atoms with van der Waals surface area (Å²) in [5.74, 6) is 0.929. The van der Waals surface area contributed by atoms with Gasteiger partial charge < -0.3 is 14.4 Å². The van der Waals surface area contributed by atoms with Crippen molar-refractivity contribution in [2.24, 2.45) is 5.92 Å². The first-order valence-electron chi connectivity index (χ1n) is 8.50. The standard InChI is InChI=1S/C17H24N2O5S/c1-19(2)17(20)12-4-3-5-13(10-12)18-25(21,22)14-6-7-15-16(11-14)24-9-8-23-15/h6-7,11-13,18H,3-5,8-10H2,1-2H3. The normalized spacial score (nSPS) is 23.1. The first-order valence-corrected chi connectivity index (χ1v) is 9.98. The van der Waals surface area contributed by atoms with Crippen LogP contribution in [-0.2, 0) is 14.8 Å². The monoisotopic (exact) mass is 368 g/mol. The molecule has 1 aliphatic carbocycles. The van der Waals surface area contributed by atoms with Crippen LogP contribution in [0.3, 0.4) is 0 Å². The summed E-state index contributed by atoms with van der Waals surface area (Å²) in [4.78, 5) is 13.9. The molecule has 1 heterocycles. The van der Waals surface area contributed by atoms with Crippen molar-refractivity contribution in [2.45, 2.75) is 36.6 Å². The fraction of sp³-hybridized carbons (Fsp3) is 0.588. The maximum absolute atomic E-state index is 12.7. The summed E-state index contributed by atoms with van der Waals surface area (Å²) in [5.41, 5.74) is 0. The average Bonchev–Trinajstić information content (AvgIpc) is 2.60. The third-order valence-electron chi connectivity index (χ3n) is 4.61. The van der Waals surface area contributed by atoms with Gasteiger partial charge in [0.25, 0.3) is 0 Å². The van der Waals surface area contributed by atoms with Crippen molar-refractivity contribution >= 4 is 15.9 Å². The van der Waals surface area contributed by atoms with Gasteiger partial charge in [0.05, 0.1) is 4.90 Å². The molecule has 7 nitrogen and oxygen atoms in total. The van der Waals surface area contributed by atoms with E-state index >= 15 is 0 Å². The van der Waals surface area contributed by atoms with Crippen molar-refractivity contribution in [1.29, 1.82) is 0 Å². The van der Waals surface area contributed by atoms with E-state index in [0.29, 0.717) is 31.1 Å². The van der Waals surface area contributed by atoms with Gasteiger partial charge in [-0.25, -0.2) is 13.1 Å². The van der Waals surface area contributed by atoms with Crippen molar-refractivity contribution in [1.82, 2.24) is 9.62 Å². The van der Waals surface area contributed by atoms with Crippen molar-refractivity contribution in [3.05, 3.63) is 18.2 Å². The first kappa shape index (κ1) is 18.0. The SMILES string of the molecule is CN(C)C(=O)C1CCCC(NS(=O)(=O)c2ccc3c(c2)OCCO3)C1. The largest absolute Gasteiger partial charge is 0.486 e. The zero-order chi connectivity index (χ0) is 18.0. The lowest BCUT2D eigenvalue weighted by atomic mass is 9.85. The van der Waals surface area contributed by atoms with Gasteiger partial charge >= 0.3 is 0 Å². The van der Waals surface area contributed by atoms with E-state index in [4.69, 9.17) is 9.47 Å². The molecule has 138 valence electrons. The van der Waals surface area contributed by atoms with Crippen LogP contribution < -0.4 is 14.2 Å². The molecule has 0 radical (unpaired) electrons. The van der Waals surface area contributed by atoms with Crippen LogP contribution in [0, 0.1) is 5.92 Å². The van der Waals surface area contributed by atoms with Crippen LogP contribution in [-0.4, -0.2) is 52.6 Å². The molecule has 2 unspecified atom stereocenters. The van der Waals surface area contributed by atoms with E-state index in [1.54, 1.807) is 25.1 Å². The summed E-state index contributed by atoms with van der Waals surface area (Å²) in [6, 6.07) is 4.38. The highest BCUT2D eigenvalue weighted by Crippen LogP contribution is 2.33. The molecule has 2 aliphatic rings. The Morgan fingerprint density at radius 3 is 2.60 bits per heavy atom. The van der Waals surface area contributed by atoms with Crippen LogP contribution in [0.1, 0.15) is 25.7 Å². The van der Waals surface area contributed by atoms with Crippen LogP contribution in [0.2, 0.25) is 0 Å². The molecule has 0 aromatic heterocycles. The highest BCUT2D eigenvalue weighted by molar-refractivity contribution is 7.89. The van der Waals surface area contributed by atoms with Crippen LogP contribution in [0.5, 0.6) is 11.5 Å². The summed E-state index contributed by atoms with van der Waals surface area (Å²) >= 11 is 0. The van der Waals surface area contributed by atoms with Gasteiger partial charge in [0.15, 0.2) is 11.5 Å². The number of carbonyl (C=O) groups excluding carboxylic acids is 1. The van der Waals surface area contributed by atoms with Gasteiger partial charge in [-0.1, -0.05) is 6.42 Å². The molecular formula is C17H24N2O5S. The fourth-order valence-corrected chi connectivity index (χ4v) is 4.66. The number of hydrogen-bond donors (Lipinski definition) is 1. The Hall–Kier alpha value is -1.80. The predicted molar refractivity (Wildman–Crippen MR) is 92.2 cm³/mol. The Kier molecular flexibility index (Phi) is 5.19.